The number of hydrogen-bond acceptors (Lipinski definition) is 6. The molecule has 7 heteroatoms. The van der Waals surface area contributed by atoms with Crippen molar-refractivity contribution in [3.8, 4) is 11.5 Å². The summed E-state index contributed by atoms with van der Waals surface area (Å²) in [6.45, 7) is 4.34. The van der Waals surface area contributed by atoms with E-state index < -0.39 is 17.7 Å². The van der Waals surface area contributed by atoms with Gasteiger partial charge in [0.1, 0.15) is 23.9 Å². The zero-order chi connectivity index (χ0) is 21.7. The fourth-order valence-electron chi connectivity index (χ4n) is 3.32. The van der Waals surface area contributed by atoms with Crippen molar-refractivity contribution in [2.75, 3.05) is 26.9 Å². The maximum atomic E-state index is 12.8. The number of nitrogens with zero attached hydrogens (tertiary/aromatic N) is 1. The van der Waals surface area contributed by atoms with Gasteiger partial charge in [-0.3, -0.25) is 9.59 Å². The van der Waals surface area contributed by atoms with Gasteiger partial charge in [0.05, 0.1) is 18.2 Å². The van der Waals surface area contributed by atoms with Gasteiger partial charge in [-0.15, -0.1) is 0 Å². The standard InChI is InChI=1S/C23H23NO6/c1-3-13-30-18-10-6-16(7-11-18)21(26)19-20(15-4-8-17(25)9-5-15)24(12-14-29-2)23(28)22(19)27/h3-11,20,25-26H,1,12-14H2,2H3. The Labute approximate surface area is 174 Å². The second-order valence-electron chi connectivity index (χ2n) is 6.70. The molecule has 1 heterocycles. The van der Waals surface area contributed by atoms with Gasteiger partial charge in [0, 0.05) is 19.2 Å². The summed E-state index contributed by atoms with van der Waals surface area (Å²) >= 11 is 0. The first-order chi connectivity index (χ1) is 14.5. The number of aliphatic hydroxyl groups is 1. The number of amides is 1. The number of carbonyl (C=O) groups excluding carboxylic acids is 2. The van der Waals surface area contributed by atoms with Crippen molar-refractivity contribution in [1.29, 1.82) is 0 Å². The van der Waals surface area contributed by atoms with Crippen LogP contribution in [0.1, 0.15) is 17.2 Å². The average molecular weight is 409 g/mol. The van der Waals surface area contributed by atoms with E-state index in [0.29, 0.717) is 23.5 Å². The number of carbonyl (C=O) groups is 2. The summed E-state index contributed by atoms with van der Waals surface area (Å²) in [7, 11) is 1.50. The second-order valence-corrected chi connectivity index (χ2v) is 6.70. The number of hydrogen-bond donors (Lipinski definition) is 2. The van der Waals surface area contributed by atoms with Gasteiger partial charge in [-0.2, -0.15) is 0 Å². The Morgan fingerprint density at radius 2 is 1.80 bits per heavy atom. The fourth-order valence-corrected chi connectivity index (χ4v) is 3.32. The summed E-state index contributed by atoms with van der Waals surface area (Å²) in [5.41, 5.74) is 0.964. The summed E-state index contributed by atoms with van der Waals surface area (Å²) in [6.07, 6.45) is 1.62. The molecule has 1 aliphatic rings. The molecular weight excluding hydrogens is 386 g/mol. The largest absolute Gasteiger partial charge is 0.508 e. The van der Waals surface area contributed by atoms with Crippen LogP contribution in [0, 0.1) is 0 Å². The molecule has 1 saturated heterocycles. The van der Waals surface area contributed by atoms with E-state index in [2.05, 4.69) is 6.58 Å². The van der Waals surface area contributed by atoms with E-state index in [-0.39, 0.29) is 30.2 Å². The summed E-state index contributed by atoms with van der Waals surface area (Å²) in [5.74, 6) is -1.11. The van der Waals surface area contributed by atoms with Crippen LogP contribution in [0.3, 0.4) is 0 Å². The lowest BCUT2D eigenvalue weighted by atomic mass is 9.95. The van der Waals surface area contributed by atoms with Crippen molar-refractivity contribution in [2.45, 2.75) is 6.04 Å². The molecule has 0 radical (unpaired) electrons. The number of phenols is 1. The zero-order valence-electron chi connectivity index (χ0n) is 16.6. The number of methoxy groups -OCH3 is 1. The Kier molecular flexibility index (Phi) is 6.54. The van der Waals surface area contributed by atoms with Crippen molar-refractivity contribution in [3.05, 3.63) is 77.9 Å². The monoisotopic (exact) mass is 409 g/mol. The molecular formula is C23H23NO6. The minimum atomic E-state index is -0.794. The van der Waals surface area contributed by atoms with Gasteiger partial charge in [0.2, 0.25) is 0 Å². The molecule has 2 N–H and O–H groups in total. The van der Waals surface area contributed by atoms with Crippen LogP contribution in [0.4, 0.5) is 0 Å². The molecule has 2 aromatic rings. The Bertz CT molecular complexity index is 962. The van der Waals surface area contributed by atoms with Crippen molar-refractivity contribution in [3.63, 3.8) is 0 Å². The number of Topliss-reactive ketones (excluding diaryl/α,β-unsaturated/α-hetero) is 1. The number of likely N-dealkylation sites (tertiary alicyclic amines) is 1. The maximum absolute atomic E-state index is 12.8. The SMILES string of the molecule is C=CCOc1ccc(C(O)=C2C(=O)C(=O)N(CCOC)C2c2ccc(O)cc2)cc1. The first-order valence-corrected chi connectivity index (χ1v) is 9.38. The number of aliphatic hydroxyl groups excluding tert-OH is 1. The second kappa shape index (κ2) is 9.28. The third-order valence-corrected chi connectivity index (χ3v) is 4.78. The number of ketones is 1. The van der Waals surface area contributed by atoms with E-state index >= 15 is 0 Å². The quantitative estimate of drug-likeness (QED) is 0.301. The molecule has 0 saturated carbocycles. The Hall–Kier alpha value is -3.58. The lowest BCUT2D eigenvalue weighted by molar-refractivity contribution is -0.140. The van der Waals surface area contributed by atoms with Crippen LogP contribution in [0.5, 0.6) is 11.5 Å². The number of phenolic OH excluding ortho intramolecular Hbond substituents is 1. The van der Waals surface area contributed by atoms with Crippen LogP contribution in [0.25, 0.3) is 5.76 Å². The first-order valence-electron chi connectivity index (χ1n) is 9.38. The Balaban J connectivity index is 2.05. The molecule has 0 aliphatic carbocycles. The van der Waals surface area contributed by atoms with Gasteiger partial charge in [0.15, 0.2) is 0 Å². The Morgan fingerprint density at radius 1 is 1.13 bits per heavy atom. The van der Waals surface area contributed by atoms with Gasteiger partial charge >= 0.3 is 0 Å². The topological polar surface area (TPSA) is 96.3 Å². The van der Waals surface area contributed by atoms with Crippen LogP contribution in [-0.2, 0) is 14.3 Å². The molecule has 3 rings (SSSR count). The average Bonchev–Trinajstić information content (AvgIpc) is 3.01. The smallest absolute Gasteiger partial charge is 0.295 e. The highest BCUT2D eigenvalue weighted by Gasteiger charge is 2.45. The molecule has 1 atom stereocenters. The molecule has 0 aromatic heterocycles. The van der Waals surface area contributed by atoms with E-state index in [9.17, 15) is 19.8 Å². The molecule has 7 nitrogen and oxygen atoms in total. The molecule has 1 amide bonds. The number of benzene rings is 2. The van der Waals surface area contributed by atoms with Gasteiger partial charge in [-0.25, -0.2) is 0 Å². The highest BCUT2D eigenvalue weighted by Crippen LogP contribution is 2.39. The molecule has 0 bridgehead atoms. The van der Waals surface area contributed by atoms with Crippen molar-refractivity contribution >= 4 is 17.4 Å². The lowest BCUT2D eigenvalue weighted by Gasteiger charge is -2.25. The molecule has 1 aliphatic heterocycles. The van der Waals surface area contributed by atoms with Crippen molar-refractivity contribution in [2.24, 2.45) is 0 Å². The van der Waals surface area contributed by atoms with E-state index in [1.807, 2.05) is 0 Å². The van der Waals surface area contributed by atoms with E-state index in [4.69, 9.17) is 9.47 Å². The number of ether oxygens (including phenoxy) is 2. The minimum Gasteiger partial charge on any atom is -0.508 e. The summed E-state index contributed by atoms with van der Waals surface area (Å²) in [4.78, 5) is 26.9. The predicted molar refractivity (Wildman–Crippen MR) is 111 cm³/mol. The van der Waals surface area contributed by atoms with Crippen LogP contribution in [-0.4, -0.2) is 53.7 Å². The zero-order valence-corrected chi connectivity index (χ0v) is 16.6. The Morgan fingerprint density at radius 3 is 2.40 bits per heavy atom. The van der Waals surface area contributed by atoms with Crippen molar-refractivity contribution in [1.82, 2.24) is 4.90 Å². The number of rotatable bonds is 8. The lowest BCUT2D eigenvalue weighted by Crippen LogP contribution is -2.32. The van der Waals surface area contributed by atoms with Crippen LogP contribution in [0.15, 0.2) is 66.8 Å². The molecule has 0 spiro atoms. The molecule has 156 valence electrons. The molecule has 30 heavy (non-hydrogen) atoms. The number of aromatic hydroxyl groups is 1. The van der Waals surface area contributed by atoms with E-state index in [0.717, 1.165) is 0 Å². The molecule has 1 unspecified atom stereocenters. The summed E-state index contributed by atoms with van der Waals surface area (Å²) < 4.78 is 10.5. The first kappa shape index (κ1) is 21.1. The fraction of sp³-hybridized carbons (Fsp3) is 0.217. The van der Waals surface area contributed by atoms with Gasteiger partial charge in [0.25, 0.3) is 11.7 Å². The normalized spacial score (nSPS) is 17.9. The van der Waals surface area contributed by atoms with E-state index in [1.54, 1.807) is 42.5 Å². The maximum Gasteiger partial charge on any atom is 0.295 e. The minimum absolute atomic E-state index is 0.0125. The van der Waals surface area contributed by atoms with Crippen LogP contribution in [0.2, 0.25) is 0 Å². The van der Waals surface area contributed by atoms with Gasteiger partial charge in [-0.1, -0.05) is 24.8 Å². The summed E-state index contributed by atoms with van der Waals surface area (Å²) in [6, 6.07) is 11.9. The molecule has 2 aromatic carbocycles. The van der Waals surface area contributed by atoms with Gasteiger partial charge in [-0.05, 0) is 42.0 Å². The summed E-state index contributed by atoms with van der Waals surface area (Å²) in [5, 5.41) is 20.6. The third-order valence-electron chi connectivity index (χ3n) is 4.78. The highest BCUT2D eigenvalue weighted by molar-refractivity contribution is 6.46. The van der Waals surface area contributed by atoms with Crippen LogP contribution < -0.4 is 4.74 Å². The van der Waals surface area contributed by atoms with E-state index in [1.165, 1.54) is 24.1 Å². The predicted octanol–water partition coefficient (Wildman–Crippen LogP) is 3.03. The highest BCUT2D eigenvalue weighted by atomic mass is 16.5. The van der Waals surface area contributed by atoms with Gasteiger partial charge < -0.3 is 24.6 Å². The molecule has 1 fully saturated rings. The van der Waals surface area contributed by atoms with Crippen LogP contribution >= 0.6 is 0 Å². The van der Waals surface area contributed by atoms with Crippen molar-refractivity contribution < 1.29 is 29.3 Å². The third kappa shape index (κ3) is 4.21.